The van der Waals surface area contributed by atoms with Gasteiger partial charge in [0.2, 0.25) is 0 Å². The van der Waals surface area contributed by atoms with Gasteiger partial charge in [0, 0.05) is 23.9 Å². The van der Waals surface area contributed by atoms with Crippen molar-refractivity contribution in [2.24, 2.45) is 16.3 Å². The number of aliphatic imine (C=N–C) groups is 1. The number of hydrogen-bond acceptors (Lipinski definition) is 5. The maximum atomic E-state index is 14.0. The second-order valence-electron chi connectivity index (χ2n) is 8.53. The molecule has 2 heterocycles. The Morgan fingerprint density at radius 1 is 1.32 bits per heavy atom. The van der Waals surface area contributed by atoms with Crippen molar-refractivity contribution in [3.8, 4) is 5.82 Å². The van der Waals surface area contributed by atoms with Crippen LogP contribution < -0.4 is 0 Å². The Morgan fingerprint density at radius 3 is 2.64 bits per heavy atom. The van der Waals surface area contributed by atoms with Crippen molar-refractivity contribution in [2.45, 2.75) is 51.7 Å². The number of hydrogen-bond donors (Lipinski definition) is 1. The first-order valence-corrected chi connectivity index (χ1v) is 9.25. The molecular weight excluding hydrogens is 371 g/mol. The van der Waals surface area contributed by atoms with Crippen molar-refractivity contribution in [3.05, 3.63) is 35.5 Å². The van der Waals surface area contributed by atoms with E-state index in [9.17, 15) is 18.3 Å². The molecule has 28 heavy (non-hydrogen) atoms. The van der Waals surface area contributed by atoms with Gasteiger partial charge in [-0.2, -0.15) is 18.3 Å². The van der Waals surface area contributed by atoms with Crippen LogP contribution in [0.2, 0.25) is 0 Å². The zero-order chi connectivity index (χ0) is 20.3. The molecule has 9 heteroatoms. The molecule has 150 valence electrons. The summed E-state index contributed by atoms with van der Waals surface area (Å²) in [5.74, 6) is 0.970. The predicted molar refractivity (Wildman–Crippen MR) is 96.6 cm³/mol. The summed E-state index contributed by atoms with van der Waals surface area (Å²) >= 11 is 0. The van der Waals surface area contributed by atoms with Gasteiger partial charge in [0.15, 0.2) is 11.5 Å². The van der Waals surface area contributed by atoms with Crippen molar-refractivity contribution in [1.29, 1.82) is 0 Å². The van der Waals surface area contributed by atoms with Crippen molar-refractivity contribution < 1.29 is 18.3 Å². The van der Waals surface area contributed by atoms with Gasteiger partial charge in [-0.05, 0) is 24.2 Å². The summed E-state index contributed by atoms with van der Waals surface area (Å²) in [7, 11) is 0. The van der Waals surface area contributed by atoms with Gasteiger partial charge >= 0.3 is 6.18 Å². The first-order valence-electron chi connectivity index (χ1n) is 9.25. The molecule has 0 aromatic carbocycles. The lowest BCUT2D eigenvalue weighted by Crippen LogP contribution is -2.34. The van der Waals surface area contributed by atoms with E-state index in [4.69, 9.17) is 0 Å². The van der Waals surface area contributed by atoms with E-state index in [1.54, 1.807) is 20.8 Å². The van der Waals surface area contributed by atoms with E-state index in [1.807, 2.05) is 0 Å². The van der Waals surface area contributed by atoms with Crippen molar-refractivity contribution in [2.75, 3.05) is 6.61 Å². The smallest absolute Gasteiger partial charge is 0.394 e. The minimum absolute atomic E-state index is 0.150. The van der Waals surface area contributed by atoms with E-state index in [1.165, 1.54) is 23.3 Å². The molecule has 1 fully saturated rings. The number of alkyl halides is 3. The molecular formula is C19H22F3N5O. The largest absolute Gasteiger partial charge is 0.435 e. The molecule has 2 aromatic heterocycles. The molecule has 4 rings (SSSR count). The van der Waals surface area contributed by atoms with Crippen LogP contribution in [0.1, 0.15) is 50.1 Å². The number of halogens is 3. The minimum atomic E-state index is -4.68. The molecule has 0 bridgehead atoms. The number of aromatic nitrogens is 4. The van der Waals surface area contributed by atoms with Crippen LogP contribution in [0, 0.1) is 11.3 Å². The van der Waals surface area contributed by atoms with E-state index < -0.39 is 30.0 Å². The van der Waals surface area contributed by atoms with Gasteiger partial charge in [0.05, 0.1) is 24.5 Å². The molecule has 0 unspecified atom stereocenters. The van der Waals surface area contributed by atoms with E-state index in [0.717, 1.165) is 12.1 Å². The van der Waals surface area contributed by atoms with Crippen LogP contribution in [-0.2, 0) is 6.42 Å². The zero-order valence-electron chi connectivity index (χ0n) is 15.9. The second kappa shape index (κ2) is 6.37. The normalized spacial score (nSPS) is 22.8. The van der Waals surface area contributed by atoms with Gasteiger partial charge in [-0.1, -0.05) is 20.8 Å². The van der Waals surface area contributed by atoms with Gasteiger partial charge in [-0.15, -0.1) is 0 Å². The molecule has 0 saturated heterocycles. The minimum Gasteiger partial charge on any atom is -0.394 e. The molecule has 0 aliphatic heterocycles. The van der Waals surface area contributed by atoms with Gasteiger partial charge in [0.1, 0.15) is 5.69 Å². The Labute approximate surface area is 160 Å². The summed E-state index contributed by atoms with van der Waals surface area (Å²) in [6, 6.07) is -0.891. The van der Waals surface area contributed by atoms with Gasteiger partial charge in [-0.25, -0.2) is 9.67 Å². The summed E-state index contributed by atoms with van der Waals surface area (Å²) in [6.07, 6.45) is 1.32. The van der Waals surface area contributed by atoms with E-state index in [-0.39, 0.29) is 11.6 Å². The Hall–Kier alpha value is -2.29. The molecule has 6 nitrogen and oxygen atoms in total. The molecule has 2 aromatic rings. The molecule has 0 spiro atoms. The third-order valence-electron chi connectivity index (χ3n) is 5.48. The van der Waals surface area contributed by atoms with Gasteiger partial charge in [0.25, 0.3) is 0 Å². The Kier molecular flexibility index (Phi) is 4.33. The fraction of sp³-hybridized carbons (Fsp3) is 0.579. The van der Waals surface area contributed by atoms with Crippen LogP contribution in [0.15, 0.2) is 23.6 Å². The molecule has 0 amide bonds. The summed E-state index contributed by atoms with van der Waals surface area (Å²) in [5.41, 5.74) is -0.420. The topological polar surface area (TPSA) is 76.2 Å². The monoisotopic (exact) mass is 393 g/mol. The summed E-state index contributed by atoms with van der Waals surface area (Å²) in [4.78, 5) is 12.2. The summed E-state index contributed by atoms with van der Waals surface area (Å²) in [5, 5.41) is 13.9. The lowest BCUT2D eigenvalue weighted by atomic mass is 9.87. The summed E-state index contributed by atoms with van der Waals surface area (Å²) in [6.45, 7) is 4.79. The maximum absolute atomic E-state index is 14.0. The number of rotatable bonds is 4. The van der Waals surface area contributed by atoms with Crippen molar-refractivity contribution >= 4 is 5.71 Å². The average Bonchev–Trinajstić information content (AvgIpc) is 3.12. The number of fused-ring (bicyclic) bond motifs is 3. The fourth-order valence-corrected chi connectivity index (χ4v) is 3.81. The lowest BCUT2D eigenvalue weighted by molar-refractivity contribution is -0.0589. The van der Waals surface area contributed by atoms with Crippen LogP contribution >= 0.6 is 0 Å². The molecule has 2 aliphatic carbocycles. The number of aliphatic hydroxyl groups excluding tert-OH is 1. The highest BCUT2D eigenvalue weighted by Crippen LogP contribution is 2.57. The standard InChI is InChI=1S/C19H22F3N5O/c1-18(2,3)13(9-28)25-17(19(20,21)22)15-12-7-10-6-11(10)16(12)27(26-15)14-8-23-4-5-24-14/h4-5,8,10-11,13,28H,6-7,9H2,1-3H3/t10-,11-,13+/m0/s1. The van der Waals surface area contributed by atoms with Crippen LogP contribution in [0.3, 0.4) is 0 Å². The maximum Gasteiger partial charge on any atom is 0.435 e. The molecule has 3 atom stereocenters. The lowest BCUT2D eigenvalue weighted by Gasteiger charge is -2.26. The molecule has 1 N–H and O–H groups in total. The second-order valence-corrected chi connectivity index (χ2v) is 8.53. The quantitative estimate of drug-likeness (QED) is 0.810. The fourth-order valence-electron chi connectivity index (χ4n) is 3.81. The number of aliphatic hydroxyl groups is 1. The highest BCUT2D eigenvalue weighted by atomic mass is 19.4. The first kappa shape index (κ1) is 19.0. The highest BCUT2D eigenvalue weighted by molar-refractivity contribution is 6.04. The van der Waals surface area contributed by atoms with E-state index in [2.05, 4.69) is 20.1 Å². The Morgan fingerprint density at radius 2 is 2.07 bits per heavy atom. The van der Waals surface area contributed by atoms with Crippen LogP contribution in [0.5, 0.6) is 0 Å². The van der Waals surface area contributed by atoms with E-state index >= 15 is 0 Å². The van der Waals surface area contributed by atoms with Crippen LogP contribution in [0.25, 0.3) is 5.82 Å². The third kappa shape index (κ3) is 3.21. The Bertz CT molecular complexity index is 914. The predicted octanol–water partition coefficient (Wildman–Crippen LogP) is 3.08. The molecule has 1 saturated carbocycles. The average molecular weight is 393 g/mol. The zero-order valence-corrected chi connectivity index (χ0v) is 15.9. The van der Waals surface area contributed by atoms with Crippen LogP contribution in [0.4, 0.5) is 13.2 Å². The van der Waals surface area contributed by atoms with Gasteiger partial charge in [-0.3, -0.25) is 9.98 Å². The van der Waals surface area contributed by atoms with Crippen LogP contribution in [-0.4, -0.2) is 49.4 Å². The Balaban J connectivity index is 1.88. The highest BCUT2D eigenvalue weighted by Gasteiger charge is 2.52. The summed E-state index contributed by atoms with van der Waals surface area (Å²) < 4.78 is 43.5. The molecule has 0 radical (unpaired) electrons. The van der Waals surface area contributed by atoms with Gasteiger partial charge < -0.3 is 5.11 Å². The molecule has 2 aliphatic rings. The van der Waals surface area contributed by atoms with Crippen molar-refractivity contribution in [1.82, 2.24) is 19.7 Å². The third-order valence-corrected chi connectivity index (χ3v) is 5.48. The first-order chi connectivity index (χ1) is 13.1. The van der Waals surface area contributed by atoms with Crippen molar-refractivity contribution in [3.63, 3.8) is 0 Å². The number of nitrogens with zero attached hydrogens (tertiary/aromatic N) is 5. The SMILES string of the molecule is CC(C)(C)[C@@H](CO)N=C(c1nn(-c2cnccn2)c2c1C[C@@H]1C[C@H]21)C(F)(F)F. The van der Waals surface area contributed by atoms with E-state index in [0.29, 0.717) is 23.7 Å².